The van der Waals surface area contributed by atoms with Crippen LogP contribution < -0.4 is 4.90 Å². The van der Waals surface area contributed by atoms with Crippen molar-refractivity contribution in [3.8, 4) is 0 Å². The van der Waals surface area contributed by atoms with E-state index in [1.807, 2.05) is 29.2 Å². The number of rotatable bonds is 3. The molecule has 1 aliphatic rings. The monoisotopic (exact) mass is 326 g/mol. The van der Waals surface area contributed by atoms with Gasteiger partial charge >= 0.3 is 5.97 Å². The van der Waals surface area contributed by atoms with Crippen LogP contribution in [0.25, 0.3) is 0 Å². The molecule has 19 heavy (non-hydrogen) atoms. The Labute approximate surface area is 119 Å². The summed E-state index contributed by atoms with van der Waals surface area (Å²) in [5.41, 5.74) is 0.922. The lowest BCUT2D eigenvalue weighted by molar-refractivity contribution is -0.140. The lowest BCUT2D eigenvalue weighted by Gasteiger charge is -2.39. The summed E-state index contributed by atoms with van der Waals surface area (Å²) in [6.07, 6.45) is -0.0350. The van der Waals surface area contributed by atoms with Gasteiger partial charge in [-0.15, -0.1) is 0 Å². The van der Waals surface area contributed by atoms with Crippen LogP contribution in [0.15, 0.2) is 28.7 Å². The summed E-state index contributed by atoms with van der Waals surface area (Å²) >= 11 is 3.40. The number of aliphatic carboxylic acids is 1. The van der Waals surface area contributed by atoms with Crippen LogP contribution in [0.2, 0.25) is 0 Å². The Kier molecular flexibility index (Phi) is 4.09. The first kappa shape index (κ1) is 13.9. The molecule has 1 atom stereocenters. The molecule has 102 valence electrons. The number of carboxylic acid groups (broad SMARTS) is 1. The van der Waals surface area contributed by atoms with E-state index in [4.69, 9.17) is 5.11 Å². The molecular weight excluding hydrogens is 312 g/mol. The molecule has 0 spiro atoms. The van der Waals surface area contributed by atoms with Crippen molar-refractivity contribution >= 4 is 33.5 Å². The molecule has 0 aromatic heterocycles. The van der Waals surface area contributed by atoms with Crippen LogP contribution >= 0.6 is 15.9 Å². The fourth-order valence-electron chi connectivity index (χ4n) is 2.19. The molecule has 1 saturated heterocycles. The molecule has 5 nitrogen and oxygen atoms in total. The molecule has 1 aromatic rings. The number of carboxylic acids is 1. The maximum atomic E-state index is 11.9. The summed E-state index contributed by atoms with van der Waals surface area (Å²) < 4.78 is 0.936. The quantitative estimate of drug-likeness (QED) is 0.916. The average molecular weight is 327 g/mol. The number of hydrogen-bond acceptors (Lipinski definition) is 3. The Morgan fingerprint density at radius 1 is 1.53 bits per heavy atom. The van der Waals surface area contributed by atoms with Crippen molar-refractivity contribution in [1.29, 1.82) is 0 Å². The van der Waals surface area contributed by atoms with Crippen molar-refractivity contribution in [2.24, 2.45) is 0 Å². The van der Waals surface area contributed by atoms with Gasteiger partial charge in [-0.3, -0.25) is 9.59 Å². The molecular formula is C13H15BrN2O3. The zero-order valence-corrected chi connectivity index (χ0v) is 12.1. The van der Waals surface area contributed by atoms with Crippen molar-refractivity contribution < 1.29 is 14.7 Å². The molecule has 1 unspecified atom stereocenters. The number of likely N-dealkylation sites (N-methyl/N-ethyl adjacent to an activating group) is 1. The van der Waals surface area contributed by atoms with E-state index < -0.39 is 5.97 Å². The molecule has 1 amide bonds. The number of piperazine rings is 1. The third kappa shape index (κ3) is 3.26. The predicted octanol–water partition coefficient (Wildman–Crippen LogP) is 1.57. The summed E-state index contributed by atoms with van der Waals surface area (Å²) in [6, 6.07) is 7.36. The highest BCUT2D eigenvalue weighted by Crippen LogP contribution is 2.23. The van der Waals surface area contributed by atoms with Crippen LogP contribution in [0.4, 0.5) is 5.69 Å². The lowest BCUT2D eigenvalue weighted by atomic mass is 10.1. The van der Waals surface area contributed by atoms with Crippen LogP contribution in [0, 0.1) is 0 Å². The number of hydrogen-bond donors (Lipinski definition) is 1. The van der Waals surface area contributed by atoms with Gasteiger partial charge in [-0.2, -0.15) is 0 Å². The second-order valence-corrected chi connectivity index (χ2v) is 5.53. The van der Waals surface area contributed by atoms with Gasteiger partial charge in [-0.05, 0) is 18.2 Å². The number of carbonyl (C=O) groups excluding carboxylic acids is 1. The first-order valence-corrected chi connectivity index (χ1v) is 6.74. The van der Waals surface area contributed by atoms with Gasteiger partial charge in [0.2, 0.25) is 5.91 Å². The highest BCUT2D eigenvalue weighted by Gasteiger charge is 2.31. The molecule has 1 aromatic carbocycles. The van der Waals surface area contributed by atoms with Gasteiger partial charge in [-0.25, -0.2) is 0 Å². The fourth-order valence-corrected chi connectivity index (χ4v) is 2.58. The van der Waals surface area contributed by atoms with E-state index in [9.17, 15) is 9.59 Å². The maximum absolute atomic E-state index is 11.9. The van der Waals surface area contributed by atoms with Crippen molar-refractivity contribution in [1.82, 2.24) is 4.90 Å². The molecule has 6 heteroatoms. The summed E-state index contributed by atoms with van der Waals surface area (Å²) in [7, 11) is 1.66. The molecule has 0 aliphatic carbocycles. The third-order valence-corrected chi connectivity index (χ3v) is 3.78. The first-order chi connectivity index (χ1) is 8.97. The zero-order valence-electron chi connectivity index (χ0n) is 10.5. The van der Waals surface area contributed by atoms with Gasteiger partial charge in [0, 0.05) is 23.8 Å². The molecule has 0 saturated carbocycles. The molecule has 1 aliphatic heterocycles. The Bertz CT molecular complexity index is 506. The molecule has 1 heterocycles. The van der Waals surface area contributed by atoms with Crippen LogP contribution in [0.1, 0.15) is 6.42 Å². The van der Waals surface area contributed by atoms with E-state index >= 15 is 0 Å². The molecule has 2 rings (SSSR count). The predicted molar refractivity (Wildman–Crippen MR) is 75.2 cm³/mol. The Morgan fingerprint density at radius 2 is 2.26 bits per heavy atom. The summed E-state index contributed by atoms with van der Waals surface area (Å²) in [4.78, 5) is 26.2. The van der Waals surface area contributed by atoms with E-state index in [2.05, 4.69) is 15.9 Å². The SMILES string of the molecule is CN1C(=O)CN(c2cccc(Br)c2)CC1CC(=O)O. The minimum atomic E-state index is -0.888. The average Bonchev–Trinajstić information content (AvgIpc) is 2.34. The molecule has 1 N–H and O–H groups in total. The molecule has 0 bridgehead atoms. The van der Waals surface area contributed by atoms with Crippen molar-refractivity contribution in [2.75, 3.05) is 25.0 Å². The summed E-state index contributed by atoms with van der Waals surface area (Å²) in [6.45, 7) is 0.814. The normalized spacial score (nSPS) is 19.7. The Morgan fingerprint density at radius 3 is 2.89 bits per heavy atom. The van der Waals surface area contributed by atoms with E-state index in [1.165, 1.54) is 4.90 Å². The van der Waals surface area contributed by atoms with E-state index in [-0.39, 0.29) is 24.9 Å². The van der Waals surface area contributed by atoms with Gasteiger partial charge in [0.15, 0.2) is 0 Å². The minimum absolute atomic E-state index is 0.0350. The van der Waals surface area contributed by atoms with Crippen LogP contribution in [-0.4, -0.2) is 48.1 Å². The van der Waals surface area contributed by atoms with Crippen molar-refractivity contribution in [2.45, 2.75) is 12.5 Å². The third-order valence-electron chi connectivity index (χ3n) is 3.28. The number of carbonyl (C=O) groups is 2. The lowest BCUT2D eigenvalue weighted by Crippen LogP contribution is -2.55. The van der Waals surface area contributed by atoms with E-state index in [0.29, 0.717) is 6.54 Å². The fraction of sp³-hybridized carbons (Fsp3) is 0.385. The van der Waals surface area contributed by atoms with Crippen LogP contribution in [0.5, 0.6) is 0 Å². The van der Waals surface area contributed by atoms with Gasteiger partial charge in [-0.1, -0.05) is 22.0 Å². The molecule has 0 radical (unpaired) electrons. The summed E-state index contributed by atoms with van der Waals surface area (Å²) in [5.74, 6) is -0.946. The summed E-state index contributed by atoms with van der Waals surface area (Å²) in [5, 5.41) is 8.91. The number of amides is 1. The highest BCUT2D eigenvalue weighted by atomic mass is 79.9. The Balaban J connectivity index is 2.19. The second kappa shape index (κ2) is 5.61. The van der Waals surface area contributed by atoms with Crippen molar-refractivity contribution in [3.63, 3.8) is 0 Å². The van der Waals surface area contributed by atoms with Crippen LogP contribution in [0.3, 0.4) is 0 Å². The second-order valence-electron chi connectivity index (χ2n) is 4.62. The first-order valence-electron chi connectivity index (χ1n) is 5.95. The number of nitrogens with zero attached hydrogens (tertiary/aromatic N) is 2. The van der Waals surface area contributed by atoms with Gasteiger partial charge in [0.1, 0.15) is 0 Å². The minimum Gasteiger partial charge on any atom is -0.481 e. The number of halogens is 1. The van der Waals surface area contributed by atoms with Gasteiger partial charge < -0.3 is 14.9 Å². The topological polar surface area (TPSA) is 60.9 Å². The smallest absolute Gasteiger partial charge is 0.305 e. The number of benzene rings is 1. The zero-order chi connectivity index (χ0) is 14.0. The van der Waals surface area contributed by atoms with Gasteiger partial charge in [0.25, 0.3) is 0 Å². The van der Waals surface area contributed by atoms with Gasteiger partial charge in [0.05, 0.1) is 19.0 Å². The largest absolute Gasteiger partial charge is 0.481 e. The number of anilines is 1. The highest BCUT2D eigenvalue weighted by molar-refractivity contribution is 9.10. The van der Waals surface area contributed by atoms with E-state index in [0.717, 1.165) is 10.2 Å². The van der Waals surface area contributed by atoms with E-state index in [1.54, 1.807) is 7.05 Å². The standard InChI is InChI=1S/C13H15BrN2O3/c1-15-11(6-13(18)19)7-16(8-12(15)17)10-4-2-3-9(14)5-10/h2-5,11H,6-8H2,1H3,(H,18,19). The Hall–Kier alpha value is -1.56. The maximum Gasteiger partial charge on any atom is 0.305 e. The van der Waals surface area contributed by atoms with Crippen LogP contribution in [-0.2, 0) is 9.59 Å². The van der Waals surface area contributed by atoms with Crippen molar-refractivity contribution in [3.05, 3.63) is 28.7 Å². The molecule has 1 fully saturated rings.